The van der Waals surface area contributed by atoms with Gasteiger partial charge in [-0.3, -0.25) is 14.6 Å². The van der Waals surface area contributed by atoms with Crippen LogP contribution in [0.2, 0.25) is 0 Å². The second-order valence-electron chi connectivity index (χ2n) is 4.63. The van der Waals surface area contributed by atoms with Crippen molar-refractivity contribution in [2.75, 3.05) is 6.54 Å². The third-order valence-electron chi connectivity index (χ3n) is 2.70. The van der Waals surface area contributed by atoms with E-state index in [0.717, 1.165) is 6.08 Å². The number of hydrogen-bond acceptors (Lipinski definition) is 4. The molecule has 0 atom stereocenters. The van der Waals surface area contributed by atoms with Crippen molar-refractivity contribution in [3.8, 4) is 0 Å². The van der Waals surface area contributed by atoms with E-state index in [1.54, 1.807) is 13.8 Å². The number of nitrogens with two attached hydrogens (primary N) is 1. The zero-order valence-corrected chi connectivity index (χ0v) is 11.8. The molecule has 1 aromatic rings. The average Bonchev–Trinajstić information content (AvgIpc) is 2.41. The highest BCUT2D eigenvalue weighted by Gasteiger charge is 2.22. The number of carboxylic acids is 1. The van der Waals surface area contributed by atoms with Crippen LogP contribution in [0.5, 0.6) is 0 Å². The molecule has 0 aliphatic heterocycles. The van der Waals surface area contributed by atoms with Crippen molar-refractivity contribution >= 4 is 23.9 Å². The molecule has 0 aromatic carbocycles. The smallest absolute Gasteiger partial charge is 0.328 e. The largest absolute Gasteiger partial charge is 0.478 e. The topological polar surface area (TPSA) is 114 Å². The predicted molar refractivity (Wildman–Crippen MR) is 76.3 cm³/mol. The summed E-state index contributed by atoms with van der Waals surface area (Å²) in [6, 6.07) is 1.25. The van der Waals surface area contributed by atoms with Crippen LogP contribution in [0.4, 0.5) is 0 Å². The van der Waals surface area contributed by atoms with Crippen LogP contribution < -0.4 is 5.73 Å². The van der Waals surface area contributed by atoms with Gasteiger partial charge in [-0.25, -0.2) is 4.79 Å². The summed E-state index contributed by atoms with van der Waals surface area (Å²) < 4.78 is 0. The Hall–Kier alpha value is -2.70. The molecule has 0 spiro atoms. The van der Waals surface area contributed by atoms with Gasteiger partial charge in [0.2, 0.25) is 5.91 Å². The fourth-order valence-electron chi connectivity index (χ4n) is 1.71. The van der Waals surface area contributed by atoms with E-state index in [9.17, 15) is 14.4 Å². The summed E-state index contributed by atoms with van der Waals surface area (Å²) in [7, 11) is 0. The van der Waals surface area contributed by atoms with E-state index in [4.69, 9.17) is 10.8 Å². The van der Waals surface area contributed by atoms with Gasteiger partial charge < -0.3 is 15.7 Å². The number of pyridine rings is 1. The predicted octanol–water partition coefficient (Wildman–Crippen LogP) is 0.515. The maximum absolute atomic E-state index is 12.5. The molecule has 0 fully saturated rings. The van der Waals surface area contributed by atoms with E-state index in [1.165, 1.54) is 29.4 Å². The third-order valence-corrected chi connectivity index (χ3v) is 2.70. The molecule has 7 nitrogen and oxygen atoms in total. The van der Waals surface area contributed by atoms with Crippen LogP contribution in [0, 0.1) is 0 Å². The molecule has 3 N–H and O–H groups in total. The normalized spacial score (nSPS) is 10.8. The van der Waals surface area contributed by atoms with Crippen LogP contribution in [-0.4, -0.2) is 45.4 Å². The number of rotatable bonds is 6. The number of carbonyl (C=O) groups is 3. The Balaban J connectivity index is 3.16. The first-order chi connectivity index (χ1) is 9.82. The van der Waals surface area contributed by atoms with Crippen molar-refractivity contribution in [2.24, 2.45) is 5.73 Å². The molecule has 0 saturated carbocycles. The molecule has 2 amide bonds. The lowest BCUT2D eigenvalue weighted by Crippen LogP contribution is -2.43. The zero-order valence-electron chi connectivity index (χ0n) is 11.8. The Bertz CT molecular complexity index is 581. The fourth-order valence-corrected chi connectivity index (χ4v) is 1.71. The standard InChI is InChI=1S/C14H17N3O4/c1-9(2)17(8-12(15)18)14(21)11-5-6-16-7-10(11)3-4-13(19)20/h3-7,9H,8H2,1-2H3,(H2,15,18)(H,19,20). The van der Waals surface area contributed by atoms with E-state index in [2.05, 4.69) is 4.98 Å². The first kappa shape index (κ1) is 16.4. The summed E-state index contributed by atoms with van der Waals surface area (Å²) >= 11 is 0. The molecule has 7 heteroatoms. The Morgan fingerprint density at radius 1 is 1.43 bits per heavy atom. The molecule has 1 heterocycles. The summed E-state index contributed by atoms with van der Waals surface area (Å²) in [6.07, 6.45) is 5.01. The Morgan fingerprint density at radius 2 is 2.10 bits per heavy atom. The summed E-state index contributed by atoms with van der Waals surface area (Å²) in [4.78, 5) is 39.3. The van der Waals surface area contributed by atoms with Crippen molar-refractivity contribution in [3.63, 3.8) is 0 Å². The molecule has 0 unspecified atom stereocenters. The number of primary amides is 1. The van der Waals surface area contributed by atoms with Crippen LogP contribution in [0.1, 0.15) is 29.8 Å². The van der Waals surface area contributed by atoms with E-state index < -0.39 is 17.8 Å². The van der Waals surface area contributed by atoms with Gasteiger partial charge in [-0.1, -0.05) is 0 Å². The Morgan fingerprint density at radius 3 is 2.62 bits per heavy atom. The Labute approximate surface area is 122 Å². The minimum absolute atomic E-state index is 0.207. The highest BCUT2D eigenvalue weighted by Crippen LogP contribution is 2.14. The van der Waals surface area contributed by atoms with Crippen molar-refractivity contribution in [2.45, 2.75) is 19.9 Å². The quantitative estimate of drug-likeness (QED) is 0.741. The number of amides is 2. The van der Waals surface area contributed by atoms with Gasteiger partial charge in [-0.15, -0.1) is 0 Å². The van der Waals surface area contributed by atoms with Gasteiger partial charge in [0, 0.05) is 35.6 Å². The number of carbonyl (C=O) groups excluding carboxylic acids is 2. The maximum Gasteiger partial charge on any atom is 0.328 e. The van der Waals surface area contributed by atoms with Crippen LogP contribution in [0.25, 0.3) is 6.08 Å². The minimum Gasteiger partial charge on any atom is -0.478 e. The second kappa shape index (κ2) is 7.18. The highest BCUT2D eigenvalue weighted by molar-refractivity contribution is 6.00. The fraction of sp³-hybridized carbons (Fsp3) is 0.286. The lowest BCUT2D eigenvalue weighted by molar-refractivity contribution is -0.131. The molecule has 21 heavy (non-hydrogen) atoms. The lowest BCUT2D eigenvalue weighted by atomic mass is 10.1. The first-order valence-corrected chi connectivity index (χ1v) is 6.27. The van der Waals surface area contributed by atoms with E-state index in [1.807, 2.05) is 0 Å². The van der Waals surface area contributed by atoms with Gasteiger partial charge in [-0.05, 0) is 26.0 Å². The van der Waals surface area contributed by atoms with Crippen LogP contribution >= 0.6 is 0 Å². The van der Waals surface area contributed by atoms with Crippen LogP contribution in [-0.2, 0) is 9.59 Å². The van der Waals surface area contributed by atoms with Gasteiger partial charge in [-0.2, -0.15) is 0 Å². The van der Waals surface area contributed by atoms with Crippen molar-refractivity contribution < 1.29 is 19.5 Å². The van der Waals surface area contributed by atoms with Gasteiger partial charge in [0.1, 0.15) is 0 Å². The monoisotopic (exact) mass is 291 g/mol. The molecular weight excluding hydrogens is 274 g/mol. The van der Waals surface area contributed by atoms with Crippen LogP contribution in [0.15, 0.2) is 24.5 Å². The number of aromatic nitrogens is 1. The van der Waals surface area contributed by atoms with E-state index >= 15 is 0 Å². The lowest BCUT2D eigenvalue weighted by Gasteiger charge is -2.25. The average molecular weight is 291 g/mol. The number of nitrogens with zero attached hydrogens (tertiary/aromatic N) is 2. The molecule has 1 rings (SSSR count). The summed E-state index contributed by atoms with van der Waals surface area (Å²) in [6.45, 7) is 3.31. The molecule has 0 aliphatic rings. The van der Waals surface area contributed by atoms with Crippen LogP contribution in [0.3, 0.4) is 0 Å². The molecule has 1 aromatic heterocycles. The molecule has 0 aliphatic carbocycles. The van der Waals surface area contributed by atoms with Gasteiger partial charge >= 0.3 is 5.97 Å². The Kier molecular flexibility index (Phi) is 5.59. The SMILES string of the molecule is CC(C)N(CC(N)=O)C(=O)c1ccncc1C=CC(=O)O. The number of carboxylic acid groups (broad SMARTS) is 1. The van der Waals surface area contributed by atoms with Gasteiger partial charge in [0.05, 0.1) is 6.54 Å². The van der Waals surface area contributed by atoms with Gasteiger partial charge in [0.15, 0.2) is 0 Å². The summed E-state index contributed by atoms with van der Waals surface area (Å²) in [5.41, 5.74) is 5.77. The molecule has 112 valence electrons. The van der Waals surface area contributed by atoms with Gasteiger partial charge in [0.25, 0.3) is 5.91 Å². The summed E-state index contributed by atoms with van der Waals surface area (Å²) in [5, 5.41) is 8.66. The number of aliphatic carboxylic acids is 1. The first-order valence-electron chi connectivity index (χ1n) is 6.27. The maximum atomic E-state index is 12.5. The van der Waals surface area contributed by atoms with E-state index in [-0.39, 0.29) is 18.2 Å². The molecule has 0 radical (unpaired) electrons. The van der Waals surface area contributed by atoms with Crippen molar-refractivity contribution in [1.29, 1.82) is 0 Å². The zero-order chi connectivity index (χ0) is 16.0. The third kappa shape index (κ3) is 4.72. The molecule has 0 saturated heterocycles. The highest BCUT2D eigenvalue weighted by atomic mass is 16.4. The van der Waals surface area contributed by atoms with Crippen molar-refractivity contribution in [3.05, 3.63) is 35.7 Å². The molecule has 0 bridgehead atoms. The minimum atomic E-state index is -1.13. The number of hydrogen-bond donors (Lipinski definition) is 2. The molecular formula is C14H17N3O4. The second-order valence-corrected chi connectivity index (χ2v) is 4.63. The van der Waals surface area contributed by atoms with E-state index in [0.29, 0.717) is 5.56 Å². The van der Waals surface area contributed by atoms with Crippen molar-refractivity contribution in [1.82, 2.24) is 9.88 Å². The summed E-state index contributed by atoms with van der Waals surface area (Å²) in [5.74, 6) is -2.15.